The number of anilines is 1. The van der Waals surface area contributed by atoms with Crippen LogP contribution in [0.1, 0.15) is 5.56 Å². The number of rotatable bonds is 4. The molecule has 0 spiro atoms. The molecule has 1 aromatic heterocycles. The number of nitrogens with one attached hydrogen (secondary N) is 1. The minimum Gasteiger partial charge on any atom is -0.374 e. The van der Waals surface area contributed by atoms with Crippen molar-refractivity contribution in [3.63, 3.8) is 0 Å². The number of hydrogen-bond acceptors (Lipinski definition) is 2. The molecular formula is C13H13N3. The first-order valence-corrected chi connectivity index (χ1v) is 5.13. The van der Waals surface area contributed by atoms with Crippen molar-refractivity contribution >= 4 is 5.69 Å². The monoisotopic (exact) mass is 211 g/mol. The van der Waals surface area contributed by atoms with Gasteiger partial charge in [-0.3, -0.25) is 4.68 Å². The van der Waals surface area contributed by atoms with Crippen LogP contribution in [0.15, 0.2) is 42.7 Å². The summed E-state index contributed by atoms with van der Waals surface area (Å²) in [7, 11) is 0. The summed E-state index contributed by atoms with van der Waals surface area (Å²) in [6.45, 7) is 1.29. The van der Waals surface area contributed by atoms with Gasteiger partial charge in [0.1, 0.15) is 0 Å². The number of benzene rings is 1. The van der Waals surface area contributed by atoms with Gasteiger partial charge in [-0.2, -0.15) is 5.10 Å². The van der Waals surface area contributed by atoms with Crippen LogP contribution in [0.5, 0.6) is 0 Å². The van der Waals surface area contributed by atoms with Crippen LogP contribution in [0.3, 0.4) is 0 Å². The topological polar surface area (TPSA) is 29.9 Å². The van der Waals surface area contributed by atoms with Crippen molar-refractivity contribution in [2.24, 2.45) is 0 Å². The summed E-state index contributed by atoms with van der Waals surface area (Å²) in [5, 5.41) is 7.38. The van der Waals surface area contributed by atoms with E-state index in [1.54, 1.807) is 6.20 Å². The lowest BCUT2D eigenvalue weighted by molar-refractivity contribution is 0.687. The summed E-state index contributed by atoms with van der Waals surface area (Å²) < 4.78 is 1.89. The molecule has 0 saturated heterocycles. The molecule has 2 aromatic rings. The highest BCUT2D eigenvalue weighted by atomic mass is 15.3. The van der Waals surface area contributed by atoms with E-state index in [1.165, 1.54) is 5.56 Å². The van der Waals surface area contributed by atoms with E-state index in [9.17, 15) is 0 Å². The molecule has 0 amide bonds. The summed E-state index contributed by atoms with van der Waals surface area (Å²) in [6, 6.07) is 10.0. The van der Waals surface area contributed by atoms with Crippen LogP contribution in [0.4, 0.5) is 5.69 Å². The second-order valence-electron chi connectivity index (χ2n) is 3.42. The fourth-order valence-corrected chi connectivity index (χ4v) is 1.55. The zero-order valence-corrected chi connectivity index (χ0v) is 8.93. The molecule has 0 fully saturated rings. The van der Waals surface area contributed by atoms with Crippen molar-refractivity contribution in [3.8, 4) is 12.3 Å². The Balaban J connectivity index is 2.17. The molecule has 0 bridgehead atoms. The molecule has 0 atom stereocenters. The average molecular weight is 211 g/mol. The lowest BCUT2D eigenvalue weighted by atomic mass is 10.2. The summed E-state index contributed by atoms with van der Waals surface area (Å²) in [4.78, 5) is 0. The quantitative estimate of drug-likeness (QED) is 0.784. The highest BCUT2D eigenvalue weighted by molar-refractivity contribution is 5.51. The maximum absolute atomic E-state index is 5.23. The molecule has 0 radical (unpaired) electrons. The van der Waals surface area contributed by atoms with Crippen LogP contribution < -0.4 is 5.32 Å². The first-order chi connectivity index (χ1) is 7.90. The van der Waals surface area contributed by atoms with Crippen molar-refractivity contribution in [1.29, 1.82) is 0 Å². The summed E-state index contributed by atoms with van der Waals surface area (Å²) in [6.07, 6.45) is 8.95. The van der Waals surface area contributed by atoms with Gasteiger partial charge in [0, 0.05) is 18.1 Å². The fourth-order valence-electron chi connectivity index (χ4n) is 1.55. The first kappa shape index (κ1) is 10.3. The second kappa shape index (κ2) is 5.04. The molecule has 0 unspecified atom stereocenters. The number of para-hydroxylation sites is 1. The van der Waals surface area contributed by atoms with Crippen LogP contribution in [0.25, 0.3) is 0 Å². The molecule has 0 saturated carbocycles. The third-order valence-electron chi connectivity index (χ3n) is 2.29. The zero-order chi connectivity index (χ0) is 11.2. The molecular weight excluding hydrogens is 198 g/mol. The Morgan fingerprint density at radius 3 is 2.94 bits per heavy atom. The maximum atomic E-state index is 5.23. The smallest absolute Gasteiger partial charge is 0.0763 e. The van der Waals surface area contributed by atoms with Gasteiger partial charge in [0.25, 0.3) is 0 Å². The average Bonchev–Trinajstić information content (AvgIpc) is 2.81. The maximum Gasteiger partial charge on any atom is 0.0763 e. The molecule has 0 aliphatic carbocycles. The Kier molecular flexibility index (Phi) is 3.25. The molecule has 0 aliphatic heterocycles. The van der Waals surface area contributed by atoms with Crippen molar-refractivity contribution in [2.45, 2.75) is 6.54 Å². The number of hydrogen-bond donors (Lipinski definition) is 1. The van der Waals surface area contributed by atoms with Crippen molar-refractivity contribution in [3.05, 3.63) is 48.3 Å². The molecule has 80 valence electrons. The molecule has 1 N–H and O–H groups in total. The van der Waals surface area contributed by atoms with Gasteiger partial charge < -0.3 is 5.32 Å². The number of nitrogens with zero attached hydrogens (tertiary/aromatic N) is 2. The van der Waals surface area contributed by atoms with E-state index in [0.717, 1.165) is 12.2 Å². The van der Waals surface area contributed by atoms with E-state index in [4.69, 9.17) is 6.42 Å². The van der Waals surface area contributed by atoms with Gasteiger partial charge in [-0.25, -0.2) is 0 Å². The molecule has 3 heteroatoms. The van der Waals surface area contributed by atoms with Crippen LogP contribution in [0, 0.1) is 12.3 Å². The van der Waals surface area contributed by atoms with Gasteiger partial charge in [0.05, 0.1) is 13.1 Å². The molecule has 2 rings (SSSR count). The Labute approximate surface area is 95.1 Å². The van der Waals surface area contributed by atoms with E-state index in [-0.39, 0.29) is 0 Å². The Morgan fingerprint density at radius 2 is 2.19 bits per heavy atom. The van der Waals surface area contributed by atoms with E-state index < -0.39 is 0 Å². The van der Waals surface area contributed by atoms with E-state index >= 15 is 0 Å². The van der Waals surface area contributed by atoms with Crippen molar-refractivity contribution < 1.29 is 0 Å². The molecule has 0 aliphatic rings. The molecule has 3 nitrogen and oxygen atoms in total. The van der Waals surface area contributed by atoms with Crippen LogP contribution in [-0.4, -0.2) is 16.3 Å². The van der Waals surface area contributed by atoms with Gasteiger partial charge in [0.2, 0.25) is 0 Å². The standard InChI is InChI=1S/C13H13N3/c1-2-8-14-13-7-4-3-6-12(13)11-16-10-5-9-15-16/h1,3-7,9-10,14H,8,11H2. The van der Waals surface area contributed by atoms with Crippen molar-refractivity contribution in [2.75, 3.05) is 11.9 Å². The van der Waals surface area contributed by atoms with Gasteiger partial charge in [0.15, 0.2) is 0 Å². The Hall–Kier alpha value is -2.21. The molecule has 1 heterocycles. The highest BCUT2D eigenvalue weighted by Crippen LogP contribution is 2.15. The summed E-state index contributed by atoms with van der Waals surface area (Å²) in [5.41, 5.74) is 2.25. The molecule has 1 aromatic carbocycles. The largest absolute Gasteiger partial charge is 0.374 e. The Bertz CT molecular complexity index is 480. The normalized spacial score (nSPS) is 9.69. The second-order valence-corrected chi connectivity index (χ2v) is 3.42. The van der Waals surface area contributed by atoms with Crippen LogP contribution in [-0.2, 0) is 6.54 Å². The predicted molar refractivity (Wildman–Crippen MR) is 65.1 cm³/mol. The van der Waals surface area contributed by atoms with E-state index in [0.29, 0.717) is 6.54 Å². The van der Waals surface area contributed by atoms with Crippen LogP contribution in [0.2, 0.25) is 0 Å². The SMILES string of the molecule is C#CCNc1ccccc1Cn1cccn1. The summed E-state index contributed by atoms with van der Waals surface area (Å²) >= 11 is 0. The fraction of sp³-hybridized carbons (Fsp3) is 0.154. The minimum absolute atomic E-state index is 0.538. The Morgan fingerprint density at radius 1 is 1.31 bits per heavy atom. The molecule has 16 heavy (non-hydrogen) atoms. The predicted octanol–water partition coefficient (Wildman–Crippen LogP) is 1.98. The van der Waals surface area contributed by atoms with Crippen LogP contribution >= 0.6 is 0 Å². The number of terminal acetylenes is 1. The minimum atomic E-state index is 0.538. The van der Waals surface area contributed by atoms with Crippen molar-refractivity contribution in [1.82, 2.24) is 9.78 Å². The zero-order valence-electron chi connectivity index (χ0n) is 8.93. The third kappa shape index (κ3) is 2.43. The van der Waals surface area contributed by atoms with E-state index in [2.05, 4.69) is 22.4 Å². The first-order valence-electron chi connectivity index (χ1n) is 5.13. The van der Waals surface area contributed by atoms with Gasteiger partial charge in [-0.15, -0.1) is 6.42 Å². The van der Waals surface area contributed by atoms with Gasteiger partial charge >= 0.3 is 0 Å². The van der Waals surface area contributed by atoms with Gasteiger partial charge in [-0.05, 0) is 17.7 Å². The van der Waals surface area contributed by atoms with Gasteiger partial charge in [-0.1, -0.05) is 24.1 Å². The summed E-state index contributed by atoms with van der Waals surface area (Å²) in [5.74, 6) is 2.57. The lowest BCUT2D eigenvalue weighted by Crippen LogP contribution is -2.06. The number of aromatic nitrogens is 2. The highest BCUT2D eigenvalue weighted by Gasteiger charge is 2.01. The lowest BCUT2D eigenvalue weighted by Gasteiger charge is -2.10. The third-order valence-corrected chi connectivity index (χ3v) is 2.29. The van der Waals surface area contributed by atoms with E-state index in [1.807, 2.05) is 35.1 Å².